The summed E-state index contributed by atoms with van der Waals surface area (Å²) < 4.78 is 11.9. The Morgan fingerprint density at radius 1 is 1.34 bits per heavy atom. The van der Waals surface area contributed by atoms with E-state index in [-0.39, 0.29) is 39.7 Å². The van der Waals surface area contributed by atoms with Crippen molar-refractivity contribution in [2.75, 3.05) is 13.2 Å². The van der Waals surface area contributed by atoms with E-state index < -0.39 is 0 Å². The minimum Gasteiger partial charge on any atom is -0.426 e. The number of benzene rings is 1. The Balaban J connectivity index is 1.38. The lowest BCUT2D eigenvalue weighted by atomic mass is 10.1. The van der Waals surface area contributed by atoms with Crippen molar-refractivity contribution in [3.05, 3.63) is 45.3 Å². The van der Waals surface area contributed by atoms with E-state index in [9.17, 15) is 9.59 Å². The average Bonchev–Trinajstić information content (AvgIpc) is 3.07. The topological polar surface area (TPSA) is 55.8 Å². The molecule has 5 nitrogen and oxygen atoms in total. The molecule has 1 aromatic rings. The van der Waals surface area contributed by atoms with Crippen molar-refractivity contribution in [1.82, 2.24) is 4.90 Å². The number of amides is 1. The Bertz CT molecular complexity index is 996. The number of thiocarbonyl (C=S) groups is 1. The number of carbonyl (C=O) groups excluding carboxylic acids is 2. The van der Waals surface area contributed by atoms with Crippen molar-refractivity contribution >= 4 is 69.5 Å². The molecule has 0 spiro atoms. The molecule has 0 aromatic heterocycles. The summed E-state index contributed by atoms with van der Waals surface area (Å²) >= 11 is 18.2. The van der Waals surface area contributed by atoms with Gasteiger partial charge in [0, 0.05) is 6.61 Å². The summed E-state index contributed by atoms with van der Waals surface area (Å²) in [6.07, 6.45) is 5.51. The van der Waals surface area contributed by atoms with Crippen LogP contribution in [0.25, 0.3) is 6.08 Å². The molecule has 1 saturated carbocycles. The number of rotatable bonds is 6. The molecule has 3 fully saturated rings. The maximum atomic E-state index is 12.8. The fourth-order valence-corrected chi connectivity index (χ4v) is 5.73. The fourth-order valence-electron chi connectivity index (χ4n) is 4.19. The molecule has 1 amide bonds. The first kappa shape index (κ1) is 23.8. The van der Waals surface area contributed by atoms with E-state index in [4.69, 9.17) is 44.9 Å². The lowest BCUT2D eigenvalue weighted by molar-refractivity contribution is -0.136. The Hall–Kier alpha value is -1.38. The van der Waals surface area contributed by atoms with Gasteiger partial charge in [-0.15, -0.1) is 0 Å². The largest absolute Gasteiger partial charge is 0.426 e. The Morgan fingerprint density at radius 3 is 2.69 bits per heavy atom. The zero-order chi connectivity index (χ0) is 23.0. The van der Waals surface area contributed by atoms with Gasteiger partial charge in [0.1, 0.15) is 14.6 Å². The number of thioether (sulfide) groups is 1. The predicted octanol–water partition coefficient (Wildman–Crippen LogP) is 5.56. The maximum Gasteiger partial charge on any atom is 0.315 e. The third kappa shape index (κ3) is 5.07. The summed E-state index contributed by atoms with van der Waals surface area (Å²) in [5.41, 5.74) is 0.577. The van der Waals surface area contributed by atoms with Crippen LogP contribution in [0.3, 0.4) is 0 Å². The first-order valence-corrected chi connectivity index (χ1v) is 12.4. The van der Waals surface area contributed by atoms with Crippen molar-refractivity contribution in [1.29, 1.82) is 0 Å². The molecule has 4 rings (SSSR count). The van der Waals surface area contributed by atoms with Crippen molar-refractivity contribution in [3.8, 4) is 5.75 Å². The summed E-state index contributed by atoms with van der Waals surface area (Å²) in [5, 5.41) is 0. The summed E-state index contributed by atoms with van der Waals surface area (Å²) in [5.74, 6) is -0.302. The Morgan fingerprint density at radius 2 is 2.06 bits per heavy atom. The highest BCUT2D eigenvalue weighted by atomic mass is 35.5. The highest BCUT2D eigenvalue weighted by Crippen LogP contribution is 2.60. The molecule has 0 unspecified atom stereocenters. The van der Waals surface area contributed by atoms with Gasteiger partial charge in [-0.3, -0.25) is 14.5 Å². The van der Waals surface area contributed by atoms with Crippen LogP contribution in [0.2, 0.25) is 0 Å². The first-order valence-electron chi connectivity index (χ1n) is 10.4. The van der Waals surface area contributed by atoms with Crippen LogP contribution in [-0.2, 0) is 14.3 Å². The van der Waals surface area contributed by atoms with Gasteiger partial charge < -0.3 is 9.47 Å². The first-order chi connectivity index (χ1) is 15.2. The van der Waals surface area contributed by atoms with E-state index in [0.29, 0.717) is 21.5 Å². The van der Waals surface area contributed by atoms with E-state index in [0.717, 1.165) is 25.0 Å². The average molecular weight is 512 g/mol. The second-order valence-corrected chi connectivity index (χ2v) is 11.4. The molecule has 2 aliphatic heterocycles. The van der Waals surface area contributed by atoms with E-state index in [1.54, 1.807) is 41.3 Å². The maximum absolute atomic E-state index is 12.8. The highest BCUT2D eigenvalue weighted by Gasteiger charge is 2.61. The molecule has 2 heterocycles. The van der Waals surface area contributed by atoms with Crippen molar-refractivity contribution < 1.29 is 19.1 Å². The van der Waals surface area contributed by atoms with Gasteiger partial charge in [-0.2, -0.15) is 0 Å². The van der Waals surface area contributed by atoms with Gasteiger partial charge in [0.15, 0.2) is 0 Å². The SMILES string of the molecule is CC1(C)[C@H](C=C(Cl)Cl)[C@@H]1C(=O)Oc1ccc(/C=C2\SC(=S)N(C[C@H]3CCCO3)C2=O)cc1. The van der Waals surface area contributed by atoms with Gasteiger partial charge in [-0.1, -0.05) is 73.2 Å². The minimum atomic E-state index is -0.311. The van der Waals surface area contributed by atoms with E-state index in [1.165, 1.54) is 11.8 Å². The second-order valence-electron chi connectivity index (χ2n) is 8.70. The number of hydrogen-bond acceptors (Lipinski definition) is 6. The van der Waals surface area contributed by atoms with Crippen LogP contribution in [0, 0.1) is 17.3 Å². The number of halogens is 2. The molecule has 3 aliphatic rings. The van der Waals surface area contributed by atoms with Gasteiger partial charge in [-0.05, 0) is 54.0 Å². The molecule has 0 N–H and O–H groups in total. The summed E-state index contributed by atoms with van der Waals surface area (Å²) in [6.45, 7) is 5.20. The number of hydrogen-bond donors (Lipinski definition) is 0. The van der Waals surface area contributed by atoms with Crippen LogP contribution in [0.5, 0.6) is 5.75 Å². The Labute approximate surface area is 207 Å². The van der Waals surface area contributed by atoms with Crippen LogP contribution in [0.1, 0.15) is 32.3 Å². The van der Waals surface area contributed by atoms with Gasteiger partial charge in [0.2, 0.25) is 0 Å². The lowest BCUT2D eigenvalue weighted by Crippen LogP contribution is -2.35. The molecule has 32 heavy (non-hydrogen) atoms. The van der Waals surface area contributed by atoms with E-state index >= 15 is 0 Å². The highest BCUT2D eigenvalue weighted by molar-refractivity contribution is 8.26. The summed E-state index contributed by atoms with van der Waals surface area (Å²) in [6, 6.07) is 7.04. The normalized spacial score (nSPS) is 27.7. The zero-order valence-corrected chi connectivity index (χ0v) is 20.8. The zero-order valence-electron chi connectivity index (χ0n) is 17.7. The number of ether oxygens (including phenoxy) is 2. The monoisotopic (exact) mass is 511 g/mol. The molecule has 1 aromatic carbocycles. The molecule has 2 saturated heterocycles. The van der Waals surface area contributed by atoms with Gasteiger partial charge in [-0.25, -0.2) is 0 Å². The third-order valence-electron chi connectivity index (χ3n) is 6.15. The number of nitrogens with zero attached hydrogens (tertiary/aromatic N) is 1. The third-order valence-corrected chi connectivity index (χ3v) is 7.78. The van der Waals surface area contributed by atoms with Crippen molar-refractivity contribution in [2.24, 2.45) is 17.3 Å². The Kier molecular flexibility index (Phi) is 7.03. The number of allylic oxidation sites excluding steroid dienone is 1. The minimum absolute atomic E-state index is 0.0455. The van der Waals surface area contributed by atoms with Crippen LogP contribution >= 0.6 is 47.2 Å². The smallest absolute Gasteiger partial charge is 0.315 e. The molecule has 3 atom stereocenters. The number of esters is 1. The number of carbonyl (C=O) groups is 2. The van der Waals surface area contributed by atoms with E-state index in [1.807, 2.05) is 13.8 Å². The van der Waals surface area contributed by atoms with Crippen LogP contribution < -0.4 is 4.74 Å². The van der Waals surface area contributed by atoms with Crippen LogP contribution in [-0.4, -0.2) is 40.4 Å². The van der Waals surface area contributed by atoms with Crippen LogP contribution in [0.4, 0.5) is 0 Å². The summed E-state index contributed by atoms with van der Waals surface area (Å²) in [7, 11) is 0. The standard InChI is InChI=1S/C23H23Cl2NO4S2/c1-23(2)16(11-18(24)25)19(23)21(28)30-14-7-5-13(6-8-14)10-17-20(27)26(22(31)32-17)12-15-4-3-9-29-15/h5-8,10-11,15-16,19H,3-4,9,12H2,1-2H3/b17-10-/t15-,16-,19-/m1/s1. The van der Waals surface area contributed by atoms with Gasteiger partial charge in [0.05, 0.1) is 23.5 Å². The fraction of sp³-hybridized carbons (Fsp3) is 0.435. The van der Waals surface area contributed by atoms with Crippen molar-refractivity contribution in [2.45, 2.75) is 32.8 Å². The summed E-state index contributed by atoms with van der Waals surface area (Å²) in [4.78, 5) is 27.5. The molecule has 0 radical (unpaired) electrons. The second kappa shape index (κ2) is 9.47. The quantitative estimate of drug-likeness (QED) is 0.215. The van der Waals surface area contributed by atoms with Gasteiger partial charge >= 0.3 is 5.97 Å². The molecule has 9 heteroatoms. The molecular weight excluding hydrogens is 489 g/mol. The lowest BCUT2D eigenvalue weighted by Gasteiger charge is -2.18. The van der Waals surface area contributed by atoms with E-state index in [2.05, 4.69) is 0 Å². The molecule has 170 valence electrons. The molecule has 0 bridgehead atoms. The molecule has 1 aliphatic carbocycles. The predicted molar refractivity (Wildman–Crippen MR) is 131 cm³/mol. The van der Waals surface area contributed by atoms with Gasteiger partial charge in [0.25, 0.3) is 5.91 Å². The van der Waals surface area contributed by atoms with Crippen LogP contribution in [0.15, 0.2) is 39.7 Å². The van der Waals surface area contributed by atoms with Crippen molar-refractivity contribution in [3.63, 3.8) is 0 Å². The molecular formula is C23H23Cl2NO4S2.